The van der Waals surface area contributed by atoms with Crippen molar-refractivity contribution in [2.75, 3.05) is 25.9 Å². The molecule has 2 heterocycles. The van der Waals surface area contributed by atoms with Gasteiger partial charge in [0.15, 0.2) is 0 Å². The summed E-state index contributed by atoms with van der Waals surface area (Å²) < 4.78 is 0.870. The summed E-state index contributed by atoms with van der Waals surface area (Å²) in [5.74, 6) is -0.421. The van der Waals surface area contributed by atoms with E-state index in [2.05, 4.69) is 10.3 Å². The Morgan fingerprint density at radius 1 is 1.48 bits per heavy atom. The maximum atomic E-state index is 12.6. The van der Waals surface area contributed by atoms with E-state index in [1.165, 1.54) is 16.2 Å². The van der Waals surface area contributed by atoms with Crippen molar-refractivity contribution in [3.8, 4) is 0 Å². The second-order valence-corrected chi connectivity index (χ2v) is 5.65. The Labute approximate surface area is 127 Å². The first-order valence-electron chi connectivity index (χ1n) is 6.71. The number of rotatable bonds is 5. The van der Waals surface area contributed by atoms with E-state index in [9.17, 15) is 9.59 Å². The van der Waals surface area contributed by atoms with Crippen molar-refractivity contribution in [1.29, 1.82) is 0 Å². The van der Waals surface area contributed by atoms with Gasteiger partial charge >= 0.3 is 0 Å². The molecule has 0 aromatic carbocycles. The highest BCUT2D eigenvalue weighted by molar-refractivity contribution is 7.21. The number of nitrogens with one attached hydrogen (secondary N) is 1. The summed E-state index contributed by atoms with van der Waals surface area (Å²) in [6.45, 7) is 2.50. The summed E-state index contributed by atoms with van der Waals surface area (Å²) in [6.07, 6.45) is 2.42. The van der Waals surface area contributed by atoms with E-state index in [1.54, 1.807) is 19.3 Å². The molecule has 0 bridgehead atoms. The first kappa shape index (κ1) is 15.2. The number of anilines is 1. The monoisotopic (exact) mass is 306 g/mol. The van der Waals surface area contributed by atoms with Gasteiger partial charge in [0.1, 0.15) is 10.4 Å². The first-order chi connectivity index (χ1) is 10.1. The molecule has 0 atom stereocenters. The van der Waals surface area contributed by atoms with Crippen LogP contribution in [0.15, 0.2) is 18.3 Å². The number of nitrogens with zero attached hydrogens (tertiary/aromatic N) is 2. The van der Waals surface area contributed by atoms with Crippen LogP contribution >= 0.6 is 11.3 Å². The van der Waals surface area contributed by atoms with Crippen LogP contribution in [-0.4, -0.2) is 41.8 Å². The van der Waals surface area contributed by atoms with Crippen LogP contribution in [0.2, 0.25) is 0 Å². The molecule has 2 amide bonds. The molecule has 0 spiro atoms. The molecule has 6 nitrogen and oxygen atoms in total. The molecular weight excluding hydrogens is 288 g/mol. The minimum absolute atomic E-state index is 0.0320. The second-order valence-electron chi connectivity index (χ2n) is 4.59. The van der Waals surface area contributed by atoms with Gasteiger partial charge in [-0.1, -0.05) is 6.92 Å². The number of thiophene rings is 1. The number of fused-ring (bicyclic) bond motifs is 1. The lowest BCUT2D eigenvalue weighted by Gasteiger charge is -2.20. The quantitative estimate of drug-likeness (QED) is 0.875. The topological polar surface area (TPSA) is 88.3 Å². The third-order valence-corrected chi connectivity index (χ3v) is 4.22. The van der Waals surface area contributed by atoms with E-state index in [4.69, 9.17) is 5.73 Å². The average Bonchev–Trinajstić information content (AvgIpc) is 2.83. The molecule has 0 aliphatic rings. The molecule has 3 N–H and O–H groups in total. The summed E-state index contributed by atoms with van der Waals surface area (Å²) in [7, 11) is 1.55. The predicted molar refractivity (Wildman–Crippen MR) is 84.3 cm³/mol. The highest BCUT2D eigenvalue weighted by Crippen LogP contribution is 2.32. The minimum atomic E-state index is -0.221. The van der Waals surface area contributed by atoms with Crippen molar-refractivity contribution in [2.45, 2.75) is 13.3 Å². The maximum absolute atomic E-state index is 12.6. The Hall–Kier alpha value is -2.15. The number of nitrogen functional groups attached to an aromatic ring is 1. The molecular formula is C14H18N4O2S. The molecule has 0 saturated heterocycles. The van der Waals surface area contributed by atoms with E-state index >= 15 is 0 Å². The second kappa shape index (κ2) is 6.53. The Morgan fingerprint density at radius 3 is 2.86 bits per heavy atom. The van der Waals surface area contributed by atoms with Gasteiger partial charge in [0.25, 0.3) is 5.91 Å². The normalized spacial score (nSPS) is 10.6. The predicted octanol–water partition coefficient (Wildman–Crippen LogP) is 1.48. The molecule has 112 valence electrons. The molecule has 0 aliphatic heterocycles. The van der Waals surface area contributed by atoms with Crippen LogP contribution in [0.4, 0.5) is 5.69 Å². The molecule has 0 saturated carbocycles. The SMILES string of the molecule is CCCN(CC(=O)NC)C(=O)c1sc2cccnc2c1N. The fourth-order valence-electron chi connectivity index (χ4n) is 2.02. The van der Waals surface area contributed by atoms with Gasteiger partial charge in [-0.3, -0.25) is 14.6 Å². The average molecular weight is 306 g/mol. The number of likely N-dealkylation sites (N-methyl/N-ethyl adjacent to an activating group) is 1. The summed E-state index contributed by atoms with van der Waals surface area (Å²) in [6, 6.07) is 3.68. The fraction of sp³-hybridized carbons (Fsp3) is 0.357. The highest BCUT2D eigenvalue weighted by atomic mass is 32.1. The number of hydrogen-bond acceptors (Lipinski definition) is 5. The van der Waals surface area contributed by atoms with Gasteiger partial charge in [-0.15, -0.1) is 11.3 Å². The Bertz CT molecular complexity index is 668. The van der Waals surface area contributed by atoms with Gasteiger partial charge in [-0.25, -0.2) is 0 Å². The molecule has 0 radical (unpaired) electrons. The van der Waals surface area contributed by atoms with Gasteiger partial charge < -0.3 is 16.0 Å². The van der Waals surface area contributed by atoms with Gasteiger partial charge in [0, 0.05) is 19.8 Å². The summed E-state index contributed by atoms with van der Waals surface area (Å²) in [5, 5.41) is 2.53. The fourth-order valence-corrected chi connectivity index (χ4v) is 3.07. The van der Waals surface area contributed by atoms with Crippen LogP contribution in [0.1, 0.15) is 23.0 Å². The van der Waals surface area contributed by atoms with E-state index in [-0.39, 0.29) is 18.4 Å². The van der Waals surface area contributed by atoms with Crippen molar-refractivity contribution in [3.63, 3.8) is 0 Å². The van der Waals surface area contributed by atoms with Crippen molar-refractivity contribution in [2.24, 2.45) is 0 Å². The van der Waals surface area contributed by atoms with E-state index in [1.807, 2.05) is 13.0 Å². The number of hydrogen-bond donors (Lipinski definition) is 2. The summed E-state index contributed by atoms with van der Waals surface area (Å²) in [5.41, 5.74) is 7.07. The number of aromatic nitrogens is 1. The zero-order chi connectivity index (χ0) is 15.4. The molecule has 2 aromatic heterocycles. The molecule has 2 rings (SSSR count). The molecule has 2 aromatic rings. The van der Waals surface area contributed by atoms with E-state index < -0.39 is 0 Å². The lowest BCUT2D eigenvalue weighted by molar-refractivity contribution is -0.121. The summed E-state index contributed by atoms with van der Waals surface area (Å²) >= 11 is 1.31. The molecule has 0 unspecified atom stereocenters. The molecule has 21 heavy (non-hydrogen) atoms. The maximum Gasteiger partial charge on any atom is 0.266 e. The minimum Gasteiger partial charge on any atom is -0.396 e. The number of pyridine rings is 1. The third-order valence-electron chi connectivity index (χ3n) is 3.07. The van der Waals surface area contributed by atoms with Crippen LogP contribution in [0, 0.1) is 0 Å². The number of amides is 2. The van der Waals surface area contributed by atoms with Gasteiger partial charge in [-0.2, -0.15) is 0 Å². The van der Waals surface area contributed by atoms with Gasteiger partial charge in [0.05, 0.1) is 16.9 Å². The Balaban J connectivity index is 2.34. The zero-order valence-corrected chi connectivity index (χ0v) is 12.9. The lowest BCUT2D eigenvalue weighted by atomic mass is 10.3. The Morgan fingerprint density at radius 2 is 2.24 bits per heavy atom. The van der Waals surface area contributed by atoms with Crippen LogP contribution < -0.4 is 11.1 Å². The molecule has 7 heteroatoms. The largest absolute Gasteiger partial charge is 0.396 e. The highest BCUT2D eigenvalue weighted by Gasteiger charge is 2.23. The number of nitrogens with two attached hydrogens (primary N) is 1. The van der Waals surface area contributed by atoms with Crippen molar-refractivity contribution < 1.29 is 9.59 Å². The first-order valence-corrected chi connectivity index (χ1v) is 7.53. The van der Waals surface area contributed by atoms with Crippen molar-refractivity contribution >= 4 is 39.1 Å². The lowest BCUT2D eigenvalue weighted by Crippen LogP contribution is -2.40. The summed E-state index contributed by atoms with van der Waals surface area (Å²) in [4.78, 5) is 30.3. The standard InChI is InChI=1S/C14H18N4O2S/c1-3-7-18(8-10(19)16-2)14(20)13-11(15)12-9(21-13)5-4-6-17-12/h4-6H,3,7-8,15H2,1-2H3,(H,16,19). The van der Waals surface area contributed by atoms with E-state index in [0.29, 0.717) is 22.6 Å². The van der Waals surface area contributed by atoms with Crippen LogP contribution in [0.3, 0.4) is 0 Å². The van der Waals surface area contributed by atoms with Gasteiger partial charge in [-0.05, 0) is 18.6 Å². The van der Waals surface area contributed by atoms with Crippen LogP contribution in [0.25, 0.3) is 10.2 Å². The molecule has 0 fully saturated rings. The smallest absolute Gasteiger partial charge is 0.266 e. The third kappa shape index (κ3) is 3.13. The van der Waals surface area contributed by atoms with Crippen LogP contribution in [-0.2, 0) is 4.79 Å². The zero-order valence-electron chi connectivity index (χ0n) is 12.0. The number of carbonyl (C=O) groups is 2. The van der Waals surface area contributed by atoms with Crippen molar-refractivity contribution in [3.05, 3.63) is 23.2 Å². The Kier molecular flexibility index (Phi) is 4.74. The number of carbonyl (C=O) groups excluding carboxylic acids is 2. The van der Waals surface area contributed by atoms with Crippen molar-refractivity contribution in [1.82, 2.24) is 15.2 Å². The van der Waals surface area contributed by atoms with Gasteiger partial charge in [0.2, 0.25) is 5.91 Å². The van der Waals surface area contributed by atoms with E-state index in [0.717, 1.165) is 11.1 Å². The molecule has 0 aliphatic carbocycles. The van der Waals surface area contributed by atoms with Crippen LogP contribution in [0.5, 0.6) is 0 Å².